The molecule has 0 aliphatic heterocycles. The van der Waals surface area contributed by atoms with Gasteiger partial charge in [-0.25, -0.2) is 0 Å². The van der Waals surface area contributed by atoms with Crippen LogP contribution in [0.25, 0.3) is 93.2 Å². The van der Waals surface area contributed by atoms with Gasteiger partial charge in [0.05, 0.1) is 15.7 Å². The van der Waals surface area contributed by atoms with E-state index < -0.39 is 0 Å². The number of fused-ring (bicyclic) bond motifs is 5. The van der Waals surface area contributed by atoms with Crippen LogP contribution >= 0.6 is 11.3 Å². The minimum absolute atomic E-state index is 1.16. The van der Waals surface area contributed by atoms with E-state index in [0.717, 1.165) is 5.69 Å². The van der Waals surface area contributed by atoms with Crippen molar-refractivity contribution in [3.63, 3.8) is 0 Å². The molecule has 0 unspecified atom stereocenters. The largest absolute Gasteiger partial charge is 0.308 e. The molecule has 2 heteroatoms. The third-order valence-electron chi connectivity index (χ3n) is 10.2. The first-order valence-electron chi connectivity index (χ1n) is 17.7. The second kappa shape index (κ2) is 12.7. The van der Waals surface area contributed by atoms with Crippen LogP contribution in [-0.2, 0) is 0 Å². The van der Waals surface area contributed by atoms with Gasteiger partial charge >= 0.3 is 0 Å². The highest BCUT2D eigenvalue weighted by Crippen LogP contribution is 2.42. The lowest BCUT2D eigenvalue weighted by atomic mass is 9.93. The van der Waals surface area contributed by atoms with Crippen LogP contribution in [-0.4, -0.2) is 4.57 Å². The Kier molecular flexibility index (Phi) is 7.41. The molecule has 0 fully saturated rings. The van der Waals surface area contributed by atoms with Gasteiger partial charge in [0.15, 0.2) is 0 Å². The molecule has 52 heavy (non-hydrogen) atoms. The Morgan fingerprint density at radius 3 is 1.29 bits per heavy atom. The van der Waals surface area contributed by atoms with Crippen molar-refractivity contribution >= 4 is 43.2 Å². The van der Waals surface area contributed by atoms with Crippen LogP contribution in [0.15, 0.2) is 200 Å². The summed E-state index contributed by atoms with van der Waals surface area (Å²) in [6.45, 7) is 0. The van der Waals surface area contributed by atoms with E-state index in [0.29, 0.717) is 0 Å². The van der Waals surface area contributed by atoms with Crippen molar-refractivity contribution in [2.75, 3.05) is 0 Å². The molecule has 0 bridgehead atoms. The fourth-order valence-corrected chi connectivity index (χ4v) is 8.63. The molecule has 0 amide bonds. The maximum atomic E-state index is 2.50. The predicted octanol–water partition coefficient (Wildman–Crippen LogP) is 14.3. The lowest BCUT2D eigenvalue weighted by Crippen LogP contribution is -1.96. The van der Waals surface area contributed by atoms with Gasteiger partial charge in [-0.3, -0.25) is 0 Å². The minimum atomic E-state index is 1.16. The Morgan fingerprint density at radius 1 is 0.327 bits per heavy atom. The molecule has 0 aliphatic carbocycles. The molecule has 244 valence electrons. The van der Waals surface area contributed by atoms with E-state index in [1.165, 1.54) is 87.5 Å². The van der Waals surface area contributed by atoms with Crippen molar-refractivity contribution in [3.8, 4) is 61.3 Å². The van der Waals surface area contributed by atoms with Crippen LogP contribution in [0.3, 0.4) is 0 Å². The zero-order valence-electron chi connectivity index (χ0n) is 28.4. The molecule has 0 saturated carbocycles. The van der Waals surface area contributed by atoms with E-state index in [9.17, 15) is 0 Å². The Labute approximate surface area is 307 Å². The first kappa shape index (κ1) is 30.4. The SMILES string of the molecule is c1ccc(-c2cc(-c3ccccc3)cc(-c3ccc4c(c3)c3ccc5ccsc5c3n4-c3cc(-c4ccccc4)cc(-c4ccccc4)c3)c2)cc1. The Hall–Kier alpha value is -6.48. The van der Waals surface area contributed by atoms with Crippen molar-refractivity contribution in [2.24, 2.45) is 0 Å². The zero-order chi connectivity index (χ0) is 34.4. The van der Waals surface area contributed by atoms with Gasteiger partial charge in [0, 0.05) is 16.5 Å². The number of aromatic nitrogens is 1. The van der Waals surface area contributed by atoms with Crippen molar-refractivity contribution in [1.29, 1.82) is 0 Å². The standard InChI is InChI=1S/C50H33NS/c1-5-13-34(14-6-1)40-27-41(35-15-7-2-8-16-35)29-42(28-40)39-22-24-48-47(33-39)46-23-21-38-25-26-52-50(38)49(46)51(48)45-31-43(36-17-9-3-10-18-36)30-44(32-45)37-19-11-4-12-20-37/h1-33H. The van der Waals surface area contributed by atoms with Crippen molar-refractivity contribution in [2.45, 2.75) is 0 Å². The summed E-state index contributed by atoms with van der Waals surface area (Å²) >= 11 is 1.82. The average Bonchev–Trinajstić information content (AvgIpc) is 3.84. The molecule has 0 aliphatic rings. The molecule has 0 N–H and O–H groups in total. The second-order valence-electron chi connectivity index (χ2n) is 13.4. The second-order valence-corrected chi connectivity index (χ2v) is 14.3. The summed E-state index contributed by atoms with van der Waals surface area (Å²) in [7, 11) is 0. The quantitative estimate of drug-likeness (QED) is 0.165. The molecular weight excluding hydrogens is 647 g/mol. The summed E-state index contributed by atoms with van der Waals surface area (Å²) in [6.07, 6.45) is 0. The summed E-state index contributed by atoms with van der Waals surface area (Å²) in [5.41, 5.74) is 15.7. The number of thiophene rings is 1. The molecule has 10 aromatic rings. The maximum Gasteiger partial charge on any atom is 0.0719 e. The van der Waals surface area contributed by atoms with Gasteiger partial charge in [-0.1, -0.05) is 140 Å². The van der Waals surface area contributed by atoms with Crippen LogP contribution in [0.2, 0.25) is 0 Å². The Balaban J connectivity index is 1.23. The average molecular weight is 680 g/mol. The summed E-state index contributed by atoms with van der Waals surface area (Å²) in [4.78, 5) is 0. The monoisotopic (exact) mass is 679 g/mol. The van der Waals surface area contributed by atoms with Crippen LogP contribution < -0.4 is 0 Å². The molecule has 2 aromatic heterocycles. The lowest BCUT2D eigenvalue weighted by Gasteiger charge is -2.15. The van der Waals surface area contributed by atoms with E-state index in [-0.39, 0.29) is 0 Å². The Bertz CT molecular complexity index is 2750. The van der Waals surface area contributed by atoms with Crippen LogP contribution in [0.5, 0.6) is 0 Å². The van der Waals surface area contributed by atoms with E-state index in [2.05, 4.69) is 204 Å². The highest BCUT2D eigenvalue weighted by Gasteiger charge is 2.19. The van der Waals surface area contributed by atoms with Gasteiger partial charge < -0.3 is 4.57 Å². The van der Waals surface area contributed by atoms with Gasteiger partial charge in [0.2, 0.25) is 0 Å². The van der Waals surface area contributed by atoms with E-state index in [1.54, 1.807) is 0 Å². The first-order chi connectivity index (χ1) is 25.8. The highest BCUT2D eigenvalue weighted by molar-refractivity contribution is 7.18. The molecule has 1 nitrogen and oxygen atoms in total. The number of hydrogen-bond donors (Lipinski definition) is 0. The molecule has 0 spiro atoms. The summed E-state index contributed by atoms with van der Waals surface area (Å²) in [6, 6.07) is 70.8. The first-order valence-corrected chi connectivity index (χ1v) is 18.6. The number of nitrogens with zero attached hydrogens (tertiary/aromatic N) is 1. The van der Waals surface area contributed by atoms with Gasteiger partial charge in [0.25, 0.3) is 0 Å². The smallest absolute Gasteiger partial charge is 0.0719 e. The predicted molar refractivity (Wildman–Crippen MR) is 223 cm³/mol. The minimum Gasteiger partial charge on any atom is -0.308 e. The number of hydrogen-bond acceptors (Lipinski definition) is 1. The van der Waals surface area contributed by atoms with E-state index in [4.69, 9.17) is 0 Å². The molecule has 0 radical (unpaired) electrons. The summed E-state index contributed by atoms with van der Waals surface area (Å²) in [5, 5.41) is 6.00. The highest BCUT2D eigenvalue weighted by atomic mass is 32.1. The summed E-state index contributed by atoms with van der Waals surface area (Å²) in [5.74, 6) is 0. The molecule has 0 saturated heterocycles. The van der Waals surface area contributed by atoms with E-state index in [1.807, 2.05) is 11.3 Å². The zero-order valence-corrected chi connectivity index (χ0v) is 29.2. The topological polar surface area (TPSA) is 4.93 Å². The fraction of sp³-hybridized carbons (Fsp3) is 0. The van der Waals surface area contributed by atoms with Crippen LogP contribution in [0.1, 0.15) is 0 Å². The normalized spacial score (nSPS) is 11.5. The van der Waals surface area contributed by atoms with Gasteiger partial charge in [0.1, 0.15) is 0 Å². The fourth-order valence-electron chi connectivity index (χ4n) is 7.70. The van der Waals surface area contributed by atoms with Gasteiger partial charge in [-0.05, 0) is 121 Å². The van der Waals surface area contributed by atoms with Crippen molar-refractivity contribution < 1.29 is 0 Å². The lowest BCUT2D eigenvalue weighted by molar-refractivity contribution is 1.19. The van der Waals surface area contributed by atoms with Gasteiger partial charge in [-0.15, -0.1) is 11.3 Å². The van der Waals surface area contributed by atoms with E-state index >= 15 is 0 Å². The Morgan fingerprint density at radius 2 is 0.788 bits per heavy atom. The number of rotatable bonds is 6. The van der Waals surface area contributed by atoms with Gasteiger partial charge in [-0.2, -0.15) is 0 Å². The molecule has 10 rings (SSSR count). The van der Waals surface area contributed by atoms with Crippen LogP contribution in [0, 0.1) is 0 Å². The molecule has 2 heterocycles. The molecular formula is C50H33NS. The number of benzene rings is 8. The third-order valence-corrected chi connectivity index (χ3v) is 11.2. The third kappa shape index (κ3) is 5.33. The van der Waals surface area contributed by atoms with Crippen molar-refractivity contribution in [1.82, 2.24) is 4.57 Å². The van der Waals surface area contributed by atoms with Crippen LogP contribution in [0.4, 0.5) is 0 Å². The summed E-state index contributed by atoms with van der Waals surface area (Å²) < 4.78 is 3.81. The van der Waals surface area contributed by atoms with Crippen molar-refractivity contribution in [3.05, 3.63) is 200 Å². The molecule has 0 atom stereocenters. The maximum absolute atomic E-state index is 2.50. The molecule has 8 aromatic carbocycles.